The Balaban J connectivity index is 1.32. The van der Waals surface area contributed by atoms with Crippen molar-refractivity contribution in [3.05, 3.63) is 146 Å². The van der Waals surface area contributed by atoms with E-state index in [0.29, 0.717) is 23.7 Å². The monoisotopic (exact) mass is 596 g/mol. The molecule has 0 bridgehead atoms. The van der Waals surface area contributed by atoms with Crippen molar-refractivity contribution in [1.29, 1.82) is 0 Å². The smallest absolute Gasteiger partial charge is 0.269 e. The highest BCUT2D eigenvalue weighted by Crippen LogP contribution is 2.31. The van der Waals surface area contributed by atoms with Crippen LogP contribution in [0, 0.1) is 10.1 Å². The Morgan fingerprint density at radius 2 is 1.71 bits per heavy atom. The van der Waals surface area contributed by atoms with Gasteiger partial charge in [0.25, 0.3) is 11.6 Å². The van der Waals surface area contributed by atoms with E-state index >= 15 is 0 Å². The summed E-state index contributed by atoms with van der Waals surface area (Å²) in [5, 5.41) is 17.5. The summed E-state index contributed by atoms with van der Waals surface area (Å²) in [6.45, 7) is 3.93. The first-order chi connectivity index (χ1) is 20.4. The van der Waals surface area contributed by atoms with Crippen LogP contribution in [0.3, 0.4) is 0 Å². The maximum absolute atomic E-state index is 12.8. The number of hydrogen-bond acceptors (Lipinski definition) is 6. The molecular formula is C33H29ClN4O3S. The average molecular weight is 597 g/mol. The number of thiazole rings is 1. The summed E-state index contributed by atoms with van der Waals surface area (Å²) < 4.78 is 0. The number of amides is 1. The lowest BCUT2D eigenvalue weighted by molar-refractivity contribution is -0.384. The highest BCUT2D eigenvalue weighted by molar-refractivity contribution is 7.14. The van der Waals surface area contributed by atoms with Crippen molar-refractivity contribution in [3.63, 3.8) is 0 Å². The van der Waals surface area contributed by atoms with Gasteiger partial charge in [0.1, 0.15) is 0 Å². The molecule has 1 unspecified atom stereocenters. The molecular weight excluding hydrogens is 568 g/mol. The van der Waals surface area contributed by atoms with Crippen molar-refractivity contribution in [1.82, 2.24) is 10.3 Å². The number of rotatable bonds is 11. The number of carbonyl (C=O) groups is 1. The first kappa shape index (κ1) is 29.0. The molecule has 1 N–H and O–H groups in total. The summed E-state index contributed by atoms with van der Waals surface area (Å²) in [4.78, 5) is 30.6. The highest BCUT2D eigenvalue weighted by Gasteiger charge is 2.18. The lowest BCUT2D eigenvalue weighted by Gasteiger charge is -2.26. The maximum atomic E-state index is 12.8. The SMILES string of the molecule is CC(CN(Cc1ccc(C(=O)NCc2cccc(Cl)c2)cc1)c1nc(-c2ccc([N+](=O)[O-])cc2)cs1)c1ccccc1. The predicted octanol–water partition coefficient (Wildman–Crippen LogP) is 8.11. The molecule has 0 saturated heterocycles. The molecule has 0 aliphatic carbocycles. The summed E-state index contributed by atoms with van der Waals surface area (Å²) in [6.07, 6.45) is 0. The van der Waals surface area contributed by atoms with Crippen LogP contribution in [0.25, 0.3) is 11.3 Å². The van der Waals surface area contributed by atoms with Gasteiger partial charge in [0.15, 0.2) is 5.13 Å². The lowest BCUT2D eigenvalue weighted by atomic mass is 10.0. The zero-order chi connectivity index (χ0) is 29.5. The third-order valence-electron chi connectivity index (χ3n) is 6.93. The molecule has 9 heteroatoms. The van der Waals surface area contributed by atoms with Gasteiger partial charge in [0, 0.05) is 53.3 Å². The number of nitro benzene ring substituents is 1. The van der Waals surface area contributed by atoms with Crippen molar-refractivity contribution in [2.45, 2.75) is 25.9 Å². The molecule has 0 spiro atoms. The molecule has 5 aromatic rings. The fourth-order valence-electron chi connectivity index (χ4n) is 4.64. The van der Waals surface area contributed by atoms with Gasteiger partial charge < -0.3 is 10.2 Å². The third-order valence-corrected chi connectivity index (χ3v) is 8.07. The average Bonchev–Trinajstić information content (AvgIpc) is 3.51. The van der Waals surface area contributed by atoms with Gasteiger partial charge in [-0.15, -0.1) is 11.3 Å². The van der Waals surface area contributed by atoms with Gasteiger partial charge in [-0.05, 0) is 59.0 Å². The minimum Gasteiger partial charge on any atom is -0.348 e. The Hall–Kier alpha value is -4.53. The molecule has 0 saturated carbocycles. The van der Waals surface area contributed by atoms with Crippen LogP contribution in [0.2, 0.25) is 5.02 Å². The normalized spacial score (nSPS) is 11.6. The van der Waals surface area contributed by atoms with Crippen molar-refractivity contribution in [3.8, 4) is 11.3 Å². The van der Waals surface area contributed by atoms with Crippen molar-refractivity contribution >= 4 is 39.7 Å². The second-order valence-corrected chi connectivity index (χ2v) is 11.3. The van der Waals surface area contributed by atoms with E-state index in [9.17, 15) is 14.9 Å². The number of carbonyl (C=O) groups excluding carboxylic acids is 1. The Morgan fingerprint density at radius 3 is 2.40 bits per heavy atom. The first-order valence-corrected chi connectivity index (χ1v) is 14.7. The van der Waals surface area contributed by atoms with E-state index in [1.54, 1.807) is 29.5 Å². The molecule has 1 atom stereocenters. The number of halogens is 1. The van der Waals surface area contributed by atoms with E-state index in [1.165, 1.54) is 17.7 Å². The number of anilines is 1. The molecule has 5 rings (SSSR count). The highest BCUT2D eigenvalue weighted by atomic mass is 35.5. The van der Waals surface area contributed by atoms with E-state index < -0.39 is 4.92 Å². The van der Waals surface area contributed by atoms with Gasteiger partial charge in [-0.2, -0.15) is 0 Å². The molecule has 1 amide bonds. The number of nitrogens with zero attached hydrogens (tertiary/aromatic N) is 3. The van der Waals surface area contributed by atoms with Crippen LogP contribution in [0.5, 0.6) is 0 Å². The molecule has 1 heterocycles. The van der Waals surface area contributed by atoms with Crippen LogP contribution in [-0.4, -0.2) is 22.4 Å². The molecule has 7 nitrogen and oxygen atoms in total. The maximum Gasteiger partial charge on any atom is 0.269 e. The van der Waals surface area contributed by atoms with Gasteiger partial charge in [0.05, 0.1) is 10.6 Å². The van der Waals surface area contributed by atoms with Crippen LogP contribution < -0.4 is 10.2 Å². The molecule has 42 heavy (non-hydrogen) atoms. The number of benzene rings is 4. The molecule has 0 radical (unpaired) electrons. The van der Waals surface area contributed by atoms with Crippen LogP contribution in [0.4, 0.5) is 10.8 Å². The van der Waals surface area contributed by atoms with Gasteiger partial charge in [-0.3, -0.25) is 14.9 Å². The number of hydrogen-bond donors (Lipinski definition) is 1. The van der Waals surface area contributed by atoms with Gasteiger partial charge in [-0.25, -0.2) is 4.98 Å². The van der Waals surface area contributed by atoms with Crippen LogP contribution in [0.1, 0.15) is 39.9 Å². The van der Waals surface area contributed by atoms with Crippen molar-refractivity contribution in [2.75, 3.05) is 11.4 Å². The number of non-ortho nitro benzene ring substituents is 1. The molecule has 4 aromatic carbocycles. The summed E-state index contributed by atoms with van der Waals surface area (Å²) in [5.74, 6) is 0.0956. The van der Waals surface area contributed by atoms with E-state index in [2.05, 4.69) is 29.3 Å². The second kappa shape index (κ2) is 13.4. The van der Waals surface area contributed by atoms with Crippen LogP contribution in [-0.2, 0) is 13.1 Å². The lowest BCUT2D eigenvalue weighted by Crippen LogP contribution is -2.27. The Morgan fingerprint density at radius 1 is 0.976 bits per heavy atom. The van der Waals surface area contributed by atoms with E-state index in [-0.39, 0.29) is 17.5 Å². The van der Waals surface area contributed by atoms with Crippen molar-refractivity contribution in [2.24, 2.45) is 0 Å². The summed E-state index contributed by atoms with van der Waals surface area (Å²) >= 11 is 7.59. The standard InChI is InChI=1S/C33H29ClN4O3S/c1-23(26-7-3-2-4-8-26)20-37(33-36-31(22-42-33)27-14-16-30(17-15-27)38(40)41)21-24-10-12-28(13-11-24)32(39)35-19-25-6-5-9-29(34)18-25/h2-18,22-23H,19-21H2,1H3,(H,35,39). The Labute approximate surface area is 253 Å². The third kappa shape index (κ3) is 7.40. The topological polar surface area (TPSA) is 88.4 Å². The van der Waals surface area contributed by atoms with Gasteiger partial charge in [0.2, 0.25) is 0 Å². The number of nitrogens with one attached hydrogen (secondary N) is 1. The Bertz CT molecular complexity index is 1660. The summed E-state index contributed by atoms with van der Waals surface area (Å²) in [7, 11) is 0. The van der Waals surface area contributed by atoms with Gasteiger partial charge in [-0.1, -0.05) is 73.1 Å². The minimum atomic E-state index is -0.406. The van der Waals surface area contributed by atoms with E-state index in [0.717, 1.165) is 34.1 Å². The zero-order valence-corrected chi connectivity index (χ0v) is 24.5. The zero-order valence-electron chi connectivity index (χ0n) is 22.9. The summed E-state index contributed by atoms with van der Waals surface area (Å²) in [5.41, 5.74) is 5.46. The quantitative estimate of drug-likeness (QED) is 0.123. The fraction of sp³-hybridized carbons (Fsp3) is 0.152. The molecule has 0 fully saturated rings. The van der Waals surface area contributed by atoms with E-state index in [4.69, 9.17) is 16.6 Å². The van der Waals surface area contributed by atoms with E-state index in [1.807, 2.05) is 66.0 Å². The predicted molar refractivity (Wildman–Crippen MR) is 169 cm³/mol. The molecule has 0 aliphatic heterocycles. The second-order valence-electron chi connectivity index (χ2n) is 10.0. The van der Waals surface area contributed by atoms with Gasteiger partial charge >= 0.3 is 0 Å². The molecule has 0 aliphatic rings. The Kier molecular flexibility index (Phi) is 9.26. The summed E-state index contributed by atoms with van der Waals surface area (Å²) in [6, 6.07) is 31.8. The van der Waals surface area contributed by atoms with Crippen LogP contribution in [0.15, 0.2) is 109 Å². The number of nitro groups is 1. The largest absolute Gasteiger partial charge is 0.348 e. The first-order valence-electron chi connectivity index (χ1n) is 13.5. The molecule has 1 aromatic heterocycles. The van der Waals surface area contributed by atoms with Crippen LogP contribution >= 0.6 is 22.9 Å². The number of aromatic nitrogens is 1. The minimum absolute atomic E-state index is 0.0501. The fourth-order valence-corrected chi connectivity index (χ4v) is 5.70. The molecule has 212 valence electrons. The van der Waals surface area contributed by atoms with Crippen molar-refractivity contribution < 1.29 is 9.72 Å².